The monoisotopic (exact) mass is 249 g/mol. The zero-order valence-electron chi connectivity index (χ0n) is 10.5. The lowest BCUT2D eigenvalue weighted by Crippen LogP contribution is -2.52. The second kappa shape index (κ2) is 5.02. The fraction of sp³-hybridized carbons (Fsp3) is 0.615. The molecule has 5 nitrogen and oxygen atoms in total. The van der Waals surface area contributed by atoms with Crippen LogP contribution in [0.25, 0.3) is 0 Å². The van der Waals surface area contributed by atoms with Gasteiger partial charge in [-0.05, 0) is 25.0 Å². The molecule has 1 saturated heterocycles. The minimum absolute atomic E-state index is 0.0156. The van der Waals surface area contributed by atoms with E-state index < -0.39 is 0 Å². The van der Waals surface area contributed by atoms with E-state index in [4.69, 9.17) is 4.42 Å². The quantitative estimate of drug-likeness (QED) is 0.877. The largest absolute Gasteiger partial charge is 0.467 e. The summed E-state index contributed by atoms with van der Waals surface area (Å²) in [4.78, 5) is 16.3. The van der Waals surface area contributed by atoms with E-state index in [1.165, 1.54) is 12.8 Å². The molecule has 18 heavy (non-hydrogen) atoms. The number of urea groups is 1. The summed E-state index contributed by atoms with van der Waals surface area (Å²) in [5.41, 5.74) is 0. The third-order valence-electron chi connectivity index (χ3n) is 3.66. The molecule has 0 unspecified atom stereocenters. The molecule has 0 radical (unpaired) electrons. The van der Waals surface area contributed by atoms with E-state index in [0.717, 1.165) is 38.0 Å². The summed E-state index contributed by atoms with van der Waals surface area (Å²) in [6, 6.07) is 4.52. The number of furan rings is 1. The molecule has 2 amide bonds. The smallest absolute Gasteiger partial charge is 0.317 e. The fourth-order valence-electron chi connectivity index (χ4n) is 2.42. The van der Waals surface area contributed by atoms with Gasteiger partial charge in [0.05, 0.1) is 12.8 Å². The molecule has 1 aromatic rings. The van der Waals surface area contributed by atoms with Gasteiger partial charge >= 0.3 is 6.03 Å². The lowest BCUT2D eigenvalue weighted by molar-refractivity contribution is 0.134. The highest BCUT2D eigenvalue weighted by molar-refractivity contribution is 5.74. The molecular weight excluding hydrogens is 230 g/mol. The summed E-state index contributed by atoms with van der Waals surface area (Å²) in [6.07, 6.45) is 4.30. The van der Waals surface area contributed by atoms with Gasteiger partial charge in [-0.2, -0.15) is 0 Å². The first-order chi connectivity index (χ1) is 8.83. The molecule has 1 aliphatic carbocycles. The zero-order valence-corrected chi connectivity index (χ0v) is 10.5. The molecule has 0 atom stereocenters. The van der Waals surface area contributed by atoms with Crippen LogP contribution in [0.15, 0.2) is 22.8 Å². The van der Waals surface area contributed by atoms with Gasteiger partial charge in [-0.25, -0.2) is 4.79 Å². The van der Waals surface area contributed by atoms with E-state index >= 15 is 0 Å². The molecule has 0 bridgehead atoms. The van der Waals surface area contributed by atoms with Crippen LogP contribution in [0.1, 0.15) is 18.6 Å². The van der Waals surface area contributed by atoms with Gasteiger partial charge in [-0.3, -0.25) is 4.90 Å². The Morgan fingerprint density at radius 2 is 2.11 bits per heavy atom. The van der Waals surface area contributed by atoms with Gasteiger partial charge in [0.2, 0.25) is 0 Å². The van der Waals surface area contributed by atoms with Crippen LogP contribution in [-0.2, 0) is 6.54 Å². The Kier molecular flexibility index (Phi) is 3.23. The molecule has 2 heterocycles. The molecule has 5 heteroatoms. The highest BCUT2D eigenvalue weighted by Gasteiger charge is 2.32. The minimum atomic E-state index is 0.0156. The maximum absolute atomic E-state index is 11.9. The Hall–Kier alpha value is -1.49. The topological polar surface area (TPSA) is 48.7 Å². The highest BCUT2D eigenvalue weighted by Crippen LogP contribution is 2.27. The van der Waals surface area contributed by atoms with Crippen LogP contribution < -0.4 is 5.32 Å². The van der Waals surface area contributed by atoms with Crippen LogP contribution in [0.2, 0.25) is 0 Å². The Balaban J connectivity index is 1.42. The van der Waals surface area contributed by atoms with E-state index in [2.05, 4.69) is 10.2 Å². The van der Waals surface area contributed by atoms with Gasteiger partial charge in [0.25, 0.3) is 0 Å². The Labute approximate surface area is 107 Å². The van der Waals surface area contributed by atoms with Crippen molar-refractivity contribution in [1.82, 2.24) is 15.1 Å². The normalized spacial score (nSPS) is 21.0. The number of carbonyl (C=O) groups excluding carboxylic acids is 1. The zero-order chi connectivity index (χ0) is 12.4. The van der Waals surface area contributed by atoms with Gasteiger partial charge in [-0.1, -0.05) is 0 Å². The van der Waals surface area contributed by atoms with Gasteiger partial charge in [0.15, 0.2) is 0 Å². The molecule has 2 aliphatic rings. The summed E-state index contributed by atoms with van der Waals surface area (Å²) in [5, 5.41) is 2.89. The van der Waals surface area contributed by atoms with Crippen molar-refractivity contribution in [2.75, 3.05) is 26.2 Å². The van der Waals surface area contributed by atoms with E-state index in [0.29, 0.717) is 6.54 Å². The van der Waals surface area contributed by atoms with Crippen molar-refractivity contribution in [2.24, 2.45) is 0 Å². The van der Waals surface area contributed by atoms with Gasteiger partial charge < -0.3 is 14.6 Å². The Morgan fingerprint density at radius 1 is 1.33 bits per heavy atom. The van der Waals surface area contributed by atoms with Crippen LogP contribution in [-0.4, -0.2) is 48.1 Å². The number of rotatable bonds is 3. The predicted octanol–water partition coefficient (Wildman–Crippen LogP) is 1.27. The lowest BCUT2D eigenvalue weighted by Gasteiger charge is -2.34. The SMILES string of the molecule is O=C(NCc1ccco1)N1CCN(C2CC2)CC1. The number of amides is 2. The van der Waals surface area contributed by atoms with Crippen LogP contribution in [0.5, 0.6) is 0 Å². The molecule has 0 aromatic carbocycles. The number of nitrogens with zero attached hydrogens (tertiary/aromatic N) is 2. The predicted molar refractivity (Wildman–Crippen MR) is 67.1 cm³/mol. The van der Waals surface area contributed by atoms with Crippen molar-refractivity contribution in [3.8, 4) is 0 Å². The van der Waals surface area contributed by atoms with Crippen molar-refractivity contribution in [2.45, 2.75) is 25.4 Å². The van der Waals surface area contributed by atoms with E-state index in [-0.39, 0.29) is 6.03 Å². The number of hydrogen-bond acceptors (Lipinski definition) is 3. The average molecular weight is 249 g/mol. The Bertz CT molecular complexity index is 392. The minimum Gasteiger partial charge on any atom is -0.467 e. The van der Waals surface area contributed by atoms with Crippen molar-refractivity contribution in [1.29, 1.82) is 0 Å². The summed E-state index contributed by atoms with van der Waals surface area (Å²) in [7, 11) is 0. The second-order valence-corrected chi connectivity index (χ2v) is 4.99. The van der Waals surface area contributed by atoms with Crippen LogP contribution in [0, 0.1) is 0 Å². The lowest BCUT2D eigenvalue weighted by atomic mass is 10.3. The van der Waals surface area contributed by atoms with Crippen molar-refractivity contribution in [3.63, 3.8) is 0 Å². The standard InChI is InChI=1S/C13H19N3O2/c17-13(14-10-12-2-1-9-18-12)16-7-5-15(6-8-16)11-3-4-11/h1-2,9,11H,3-8,10H2,(H,14,17). The molecule has 1 aliphatic heterocycles. The first-order valence-electron chi connectivity index (χ1n) is 6.62. The number of carbonyl (C=O) groups is 1. The van der Waals surface area contributed by atoms with E-state index in [1.807, 2.05) is 17.0 Å². The van der Waals surface area contributed by atoms with Crippen LogP contribution in [0.3, 0.4) is 0 Å². The van der Waals surface area contributed by atoms with E-state index in [1.54, 1.807) is 6.26 Å². The maximum atomic E-state index is 11.9. The molecule has 1 saturated carbocycles. The molecule has 1 N–H and O–H groups in total. The highest BCUT2D eigenvalue weighted by atomic mass is 16.3. The molecule has 0 spiro atoms. The third kappa shape index (κ3) is 2.67. The average Bonchev–Trinajstić information content (AvgIpc) is 3.13. The first-order valence-corrected chi connectivity index (χ1v) is 6.62. The summed E-state index contributed by atoms with van der Waals surface area (Å²) >= 11 is 0. The van der Waals surface area contributed by atoms with Gasteiger partial charge in [-0.15, -0.1) is 0 Å². The van der Waals surface area contributed by atoms with Gasteiger partial charge in [0, 0.05) is 32.2 Å². The van der Waals surface area contributed by atoms with Gasteiger partial charge in [0.1, 0.15) is 5.76 Å². The van der Waals surface area contributed by atoms with Crippen LogP contribution >= 0.6 is 0 Å². The number of piperazine rings is 1. The van der Waals surface area contributed by atoms with Crippen molar-refractivity contribution in [3.05, 3.63) is 24.2 Å². The maximum Gasteiger partial charge on any atom is 0.317 e. The molecule has 2 fully saturated rings. The van der Waals surface area contributed by atoms with Crippen LogP contribution in [0.4, 0.5) is 4.79 Å². The first kappa shape index (κ1) is 11.6. The molecule has 98 valence electrons. The summed E-state index contributed by atoms with van der Waals surface area (Å²) in [6.45, 7) is 4.16. The summed E-state index contributed by atoms with van der Waals surface area (Å²) in [5.74, 6) is 0.792. The molecule has 1 aromatic heterocycles. The van der Waals surface area contributed by atoms with Crippen molar-refractivity contribution < 1.29 is 9.21 Å². The Morgan fingerprint density at radius 3 is 2.72 bits per heavy atom. The number of hydrogen-bond donors (Lipinski definition) is 1. The van der Waals surface area contributed by atoms with Crippen molar-refractivity contribution >= 4 is 6.03 Å². The second-order valence-electron chi connectivity index (χ2n) is 4.99. The molecular formula is C13H19N3O2. The molecule has 3 rings (SSSR count). The number of nitrogens with one attached hydrogen (secondary N) is 1. The third-order valence-corrected chi connectivity index (χ3v) is 3.66. The summed E-state index contributed by atoms with van der Waals surface area (Å²) < 4.78 is 5.19. The van der Waals surface area contributed by atoms with E-state index in [9.17, 15) is 4.79 Å². The fourth-order valence-corrected chi connectivity index (χ4v) is 2.42.